The molecule has 0 aliphatic rings. The highest BCUT2D eigenvalue weighted by atomic mass is 16.1. The van der Waals surface area contributed by atoms with Gasteiger partial charge in [-0.25, -0.2) is 0 Å². The predicted molar refractivity (Wildman–Crippen MR) is 103 cm³/mol. The minimum absolute atomic E-state index is 0.206. The Labute approximate surface area is 145 Å². The van der Waals surface area contributed by atoms with Crippen molar-refractivity contribution in [2.45, 2.75) is 117 Å². The molecule has 0 heterocycles. The molecule has 0 spiro atoms. The number of hydrogen-bond acceptors (Lipinski definition) is 1. The first-order valence-electron chi connectivity index (χ1n) is 10.1. The van der Waals surface area contributed by atoms with Crippen molar-refractivity contribution in [1.29, 1.82) is 0 Å². The van der Waals surface area contributed by atoms with Crippen LogP contribution in [0.3, 0.4) is 0 Å². The Morgan fingerprint density at radius 2 is 1.26 bits per heavy atom. The smallest absolute Gasteiger partial charge is 0.220 e. The molecular weight excluding hydrogens is 282 g/mol. The number of rotatable bonds is 16. The Bertz CT molecular complexity index is 284. The third-order valence-electron chi connectivity index (χ3n) is 4.12. The Morgan fingerprint density at radius 1 is 0.783 bits per heavy atom. The zero-order valence-electron chi connectivity index (χ0n) is 16.0. The lowest BCUT2D eigenvalue weighted by molar-refractivity contribution is -0.121. The van der Waals surface area contributed by atoms with Crippen LogP contribution in [0.2, 0.25) is 0 Å². The Hall–Kier alpha value is -0.790. The second kappa shape index (κ2) is 17.6. The quantitative estimate of drug-likeness (QED) is 0.253. The predicted octanol–water partition coefficient (Wildman–Crippen LogP) is 6.55. The Morgan fingerprint density at radius 3 is 1.78 bits per heavy atom. The Balaban J connectivity index is 3.18. The first kappa shape index (κ1) is 22.2. The van der Waals surface area contributed by atoms with Crippen LogP contribution in [0.5, 0.6) is 0 Å². The second-order valence-electron chi connectivity index (χ2n) is 7.06. The third-order valence-corrected chi connectivity index (χ3v) is 4.12. The van der Waals surface area contributed by atoms with Crippen LogP contribution in [0.25, 0.3) is 0 Å². The van der Waals surface area contributed by atoms with Crippen molar-refractivity contribution < 1.29 is 4.79 Å². The summed E-state index contributed by atoms with van der Waals surface area (Å²) in [6, 6.07) is 0.269. The van der Waals surface area contributed by atoms with E-state index in [1.165, 1.54) is 77.0 Å². The molecule has 0 aliphatic heterocycles. The fourth-order valence-corrected chi connectivity index (χ4v) is 2.75. The van der Waals surface area contributed by atoms with Crippen molar-refractivity contribution in [3.63, 3.8) is 0 Å². The van der Waals surface area contributed by atoms with Gasteiger partial charge in [0.2, 0.25) is 5.91 Å². The maximum absolute atomic E-state index is 11.5. The zero-order chi connectivity index (χ0) is 17.2. The molecule has 0 atom stereocenters. The van der Waals surface area contributed by atoms with E-state index < -0.39 is 0 Å². The molecule has 1 N–H and O–H groups in total. The van der Waals surface area contributed by atoms with Crippen LogP contribution in [0, 0.1) is 0 Å². The number of allylic oxidation sites excluding steroid dienone is 2. The molecule has 0 aromatic heterocycles. The molecule has 2 nitrogen and oxygen atoms in total. The number of nitrogens with one attached hydrogen (secondary N) is 1. The minimum atomic E-state index is 0.206. The van der Waals surface area contributed by atoms with Crippen LogP contribution in [0.4, 0.5) is 0 Å². The maximum Gasteiger partial charge on any atom is 0.220 e. The van der Waals surface area contributed by atoms with E-state index >= 15 is 0 Å². The van der Waals surface area contributed by atoms with E-state index in [9.17, 15) is 4.79 Å². The average Bonchev–Trinajstić information content (AvgIpc) is 2.50. The molecule has 0 bridgehead atoms. The maximum atomic E-state index is 11.5. The van der Waals surface area contributed by atoms with Gasteiger partial charge in [0.15, 0.2) is 0 Å². The van der Waals surface area contributed by atoms with Gasteiger partial charge in [-0.05, 0) is 46.0 Å². The lowest BCUT2D eigenvalue weighted by Gasteiger charge is -2.07. The van der Waals surface area contributed by atoms with Gasteiger partial charge in [0, 0.05) is 12.5 Å². The summed E-state index contributed by atoms with van der Waals surface area (Å²) in [4.78, 5) is 11.5. The molecule has 0 radical (unpaired) electrons. The third kappa shape index (κ3) is 19.2. The number of carbonyl (C=O) groups excluding carboxylic acids is 1. The molecule has 2 heteroatoms. The van der Waals surface area contributed by atoms with Gasteiger partial charge in [0.1, 0.15) is 0 Å². The van der Waals surface area contributed by atoms with E-state index in [-0.39, 0.29) is 11.9 Å². The van der Waals surface area contributed by atoms with Gasteiger partial charge >= 0.3 is 0 Å². The van der Waals surface area contributed by atoms with Crippen LogP contribution < -0.4 is 5.32 Å². The molecule has 0 unspecified atom stereocenters. The average molecular weight is 324 g/mol. The molecule has 136 valence electrons. The van der Waals surface area contributed by atoms with Crippen LogP contribution >= 0.6 is 0 Å². The van der Waals surface area contributed by atoms with Gasteiger partial charge in [-0.1, -0.05) is 70.4 Å². The summed E-state index contributed by atoms with van der Waals surface area (Å²) in [5.74, 6) is 0.206. The highest BCUT2D eigenvalue weighted by Gasteiger charge is 2.01. The van der Waals surface area contributed by atoms with Crippen molar-refractivity contribution in [1.82, 2.24) is 5.32 Å². The molecule has 0 saturated carbocycles. The second-order valence-corrected chi connectivity index (χ2v) is 7.06. The number of hydrogen-bond donors (Lipinski definition) is 1. The minimum Gasteiger partial charge on any atom is -0.354 e. The van der Waals surface area contributed by atoms with E-state index in [0.29, 0.717) is 6.42 Å². The zero-order valence-corrected chi connectivity index (χ0v) is 16.0. The van der Waals surface area contributed by atoms with Gasteiger partial charge in [-0.3, -0.25) is 4.79 Å². The van der Waals surface area contributed by atoms with Crippen molar-refractivity contribution >= 4 is 5.91 Å². The highest BCUT2D eigenvalue weighted by Crippen LogP contribution is 2.09. The summed E-state index contributed by atoms with van der Waals surface area (Å²) in [7, 11) is 0. The number of amides is 1. The van der Waals surface area contributed by atoms with E-state index in [2.05, 4.69) is 24.4 Å². The van der Waals surface area contributed by atoms with Crippen LogP contribution in [-0.2, 0) is 4.79 Å². The number of unbranched alkanes of at least 4 members (excludes halogenated alkanes) is 11. The largest absolute Gasteiger partial charge is 0.354 e. The fraction of sp³-hybridized carbons (Fsp3) is 0.857. The topological polar surface area (TPSA) is 29.1 Å². The first-order chi connectivity index (χ1) is 11.2. The van der Waals surface area contributed by atoms with Gasteiger partial charge < -0.3 is 5.32 Å². The van der Waals surface area contributed by atoms with E-state index in [4.69, 9.17) is 0 Å². The summed E-state index contributed by atoms with van der Waals surface area (Å²) < 4.78 is 0. The molecule has 0 rings (SSSR count). The van der Waals surface area contributed by atoms with Gasteiger partial charge in [-0.15, -0.1) is 0 Å². The number of carbonyl (C=O) groups is 1. The lowest BCUT2D eigenvalue weighted by atomic mass is 10.1. The molecule has 0 aromatic rings. The van der Waals surface area contributed by atoms with Crippen LogP contribution in [0.1, 0.15) is 111 Å². The molecule has 23 heavy (non-hydrogen) atoms. The molecule has 1 amide bonds. The van der Waals surface area contributed by atoms with Crippen molar-refractivity contribution in [3.05, 3.63) is 12.2 Å². The summed E-state index contributed by atoms with van der Waals surface area (Å²) in [5.41, 5.74) is 0. The normalized spacial score (nSPS) is 11.5. The lowest BCUT2D eigenvalue weighted by Crippen LogP contribution is -2.29. The molecule has 0 saturated heterocycles. The SMILES string of the molecule is CCCCCCCCC=CCCCCCCCC(=O)NC(C)C. The molecule has 0 aromatic carbocycles. The van der Waals surface area contributed by atoms with E-state index in [0.717, 1.165) is 6.42 Å². The van der Waals surface area contributed by atoms with E-state index in [1.54, 1.807) is 0 Å². The van der Waals surface area contributed by atoms with Crippen LogP contribution in [-0.4, -0.2) is 11.9 Å². The summed E-state index contributed by atoms with van der Waals surface area (Å²) >= 11 is 0. The van der Waals surface area contributed by atoms with Crippen molar-refractivity contribution in [2.75, 3.05) is 0 Å². The standard InChI is InChI=1S/C21H41NO/c1-4-5-6-7-8-9-10-11-12-13-14-15-16-17-18-19-21(23)22-20(2)3/h11-12,20H,4-10,13-19H2,1-3H3,(H,22,23). The molecule has 0 aliphatic carbocycles. The summed E-state index contributed by atoms with van der Waals surface area (Å²) in [6.07, 6.45) is 22.3. The molecule has 0 fully saturated rings. The Kier molecular flexibility index (Phi) is 17.0. The van der Waals surface area contributed by atoms with Crippen molar-refractivity contribution in [3.8, 4) is 0 Å². The monoisotopic (exact) mass is 323 g/mol. The summed E-state index contributed by atoms with van der Waals surface area (Å²) in [5, 5.41) is 2.94. The van der Waals surface area contributed by atoms with Gasteiger partial charge in [0.05, 0.1) is 0 Å². The van der Waals surface area contributed by atoms with Gasteiger partial charge in [-0.2, -0.15) is 0 Å². The first-order valence-corrected chi connectivity index (χ1v) is 10.1. The van der Waals surface area contributed by atoms with Crippen molar-refractivity contribution in [2.24, 2.45) is 0 Å². The van der Waals surface area contributed by atoms with E-state index in [1.807, 2.05) is 13.8 Å². The highest BCUT2D eigenvalue weighted by molar-refractivity contribution is 5.76. The van der Waals surface area contributed by atoms with Crippen LogP contribution in [0.15, 0.2) is 12.2 Å². The summed E-state index contributed by atoms with van der Waals surface area (Å²) in [6.45, 7) is 6.29. The molecular formula is C21H41NO. The fourth-order valence-electron chi connectivity index (χ4n) is 2.75. The van der Waals surface area contributed by atoms with Gasteiger partial charge in [0.25, 0.3) is 0 Å².